The molecule has 1 aliphatic rings. The van der Waals surface area contributed by atoms with Crippen molar-refractivity contribution in [1.29, 1.82) is 0 Å². The second-order valence-electron chi connectivity index (χ2n) is 4.74. The molecule has 1 aliphatic heterocycles. The summed E-state index contributed by atoms with van der Waals surface area (Å²) in [6.45, 7) is 0.419. The van der Waals surface area contributed by atoms with E-state index in [0.717, 1.165) is 6.42 Å². The van der Waals surface area contributed by atoms with E-state index in [4.69, 9.17) is 31.5 Å². The Balaban J connectivity index is 2.13. The fraction of sp³-hybridized carbons (Fsp3) is 0.500. The normalized spacial score (nSPS) is 21.1. The Labute approximate surface area is 128 Å². The Morgan fingerprint density at radius 1 is 1.38 bits per heavy atom. The molecule has 0 spiro atoms. The highest BCUT2D eigenvalue weighted by molar-refractivity contribution is 6.32. The average Bonchev–Trinajstić information content (AvgIpc) is 2.97. The van der Waals surface area contributed by atoms with E-state index in [9.17, 15) is 4.79 Å². The van der Waals surface area contributed by atoms with Gasteiger partial charge in [0.1, 0.15) is 17.6 Å². The lowest BCUT2D eigenvalue weighted by Crippen LogP contribution is -2.29. The fourth-order valence-electron chi connectivity index (χ4n) is 2.24. The number of ether oxygens (including phenoxy) is 3. The van der Waals surface area contributed by atoms with E-state index in [2.05, 4.69) is 5.32 Å². The van der Waals surface area contributed by atoms with Gasteiger partial charge in [-0.1, -0.05) is 11.6 Å². The van der Waals surface area contributed by atoms with Crippen LogP contribution in [0.4, 0.5) is 5.69 Å². The molecular formula is C14H19ClN2O4. The van der Waals surface area contributed by atoms with Crippen molar-refractivity contribution in [2.45, 2.75) is 25.0 Å². The van der Waals surface area contributed by atoms with Crippen molar-refractivity contribution < 1.29 is 19.0 Å². The van der Waals surface area contributed by atoms with E-state index < -0.39 is 6.10 Å². The summed E-state index contributed by atoms with van der Waals surface area (Å²) in [4.78, 5) is 12.2. The summed E-state index contributed by atoms with van der Waals surface area (Å²) in [5.74, 6) is 0.691. The summed E-state index contributed by atoms with van der Waals surface area (Å²) in [5, 5.41) is 3.19. The minimum absolute atomic E-state index is 0.0533. The lowest BCUT2D eigenvalue weighted by atomic mass is 10.2. The van der Waals surface area contributed by atoms with Crippen molar-refractivity contribution in [2.24, 2.45) is 5.73 Å². The van der Waals surface area contributed by atoms with Crippen molar-refractivity contribution in [2.75, 3.05) is 26.1 Å². The van der Waals surface area contributed by atoms with Crippen LogP contribution < -0.4 is 20.5 Å². The second-order valence-corrected chi connectivity index (χ2v) is 5.14. The van der Waals surface area contributed by atoms with Gasteiger partial charge >= 0.3 is 0 Å². The molecule has 116 valence electrons. The molecule has 1 aromatic rings. The van der Waals surface area contributed by atoms with Crippen LogP contribution in [0.15, 0.2) is 12.1 Å². The van der Waals surface area contributed by atoms with E-state index in [1.165, 1.54) is 14.2 Å². The van der Waals surface area contributed by atoms with Crippen LogP contribution in [0.25, 0.3) is 0 Å². The third-order valence-electron chi connectivity index (χ3n) is 3.39. The molecule has 1 aromatic carbocycles. The standard InChI is InChI=1S/C14H19ClN2O4/c1-19-12-6-10(13(20-2)5-9(12)15)17-14(18)11-4-3-8(7-16)21-11/h5-6,8,11H,3-4,7,16H2,1-2H3,(H,17,18). The summed E-state index contributed by atoms with van der Waals surface area (Å²) in [6.07, 6.45) is 0.892. The highest BCUT2D eigenvalue weighted by Gasteiger charge is 2.30. The summed E-state index contributed by atoms with van der Waals surface area (Å²) < 4.78 is 15.9. The Kier molecular flexibility index (Phi) is 5.27. The Bertz CT molecular complexity index is 524. The van der Waals surface area contributed by atoms with Gasteiger partial charge in [0.25, 0.3) is 5.91 Å². The molecule has 21 heavy (non-hydrogen) atoms. The number of anilines is 1. The van der Waals surface area contributed by atoms with Crippen molar-refractivity contribution in [3.63, 3.8) is 0 Å². The van der Waals surface area contributed by atoms with E-state index in [0.29, 0.717) is 35.2 Å². The highest BCUT2D eigenvalue weighted by atomic mass is 35.5. The van der Waals surface area contributed by atoms with E-state index in [-0.39, 0.29) is 12.0 Å². The van der Waals surface area contributed by atoms with Crippen LogP contribution in [-0.4, -0.2) is 38.9 Å². The molecule has 3 N–H and O–H groups in total. The van der Waals surface area contributed by atoms with E-state index in [1.807, 2.05) is 0 Å². The van der Waals surface area contributed by atoms with Gasteiger partial charge in [-0.2, -0.15) is 0 Å². The van der Waals surface area contributed by atoms with Crippen LogP contribution in [0.2, 0.25) is 5.02 Å². The number of carbonyl (C=O) groups excluding carboxylic acids is 1. The maximum atomic E-state index is 12.2. The predicted octanol–water partition coefficient (Wildman–Crippen LogP) is 1.80. The number of amides is 1. The Hall–Kier alpha value is -1.50. The van der Waals surface area contributed by atoms with Gasteiger partial charge in [0.05, 0.1) is 31.0 Å². The number of hydrogen-bond acceptors (Lipinski definition) is 5. The second kappa shape index (κ2) is 6.98. The maximum Gasteiger partial charge on any atom is 0.253 e. The average molecular weight is 315 g/mol. The van der Waals surface area contributed by atoms with Gasteiger partial charge in [0.2, 0.25) is 0 Å². The van der Waals surface area contributed by atoms with Crippen molar-refractivity contribution in [3.05, 3.63) is 17.2 Å². The van der Waals surface area contributed by atoms with Crippen molar-refractivity contribution in [1.82, 2.24) is 0 Å². The summed E-state index contributed by atoms with van der Waals surface area (Å²) in [6, 6.07) is 3.21. The third kappa shape index (κ3) is 3.58. The molecule has 2 rings (SSSR count). The molecule has 2 unspecified atom stereocenters. The number of nitrogens with two attached hydrogens (primary N) is 1. The SMILES string of the molecule is COc1cc(NC(=O)C2CCC(CN)O2)c(OC)cc1Cl. The zero-order valence-electron chi connectivity index (χ0n) is 12.0. The van der Waals surface area contributed by atoms with Gasteiger partial charge in [-0.25, -0.2) is 0 Å². The van der Waals surface area contributed by atoms with Crippen LogP contribution in [0.5, 0.6) is 11.5 Å². The highest BCUT2D eigenvalue weighted by Crippen LogP contribution is 2.36. The Morgan fingerprint density at radius 2 is 2.10 bits per heavy atom. The summed E-state index contributed by atoms with van der Waals surface area (Å²) in [7, 11) is 3.01. The van der Waals surface area contributed by atoms with Crippen LogP contribution in [0, 0.1) is 0 Å². The van der Waals surface area contributed by atoms with E-state index in [1.54, 1.807) is 12.1 Å². The van der Waals surface area contributed by atoms with Gasteiger partial charge in [0.15, 0.2) is 0 Å². The maximum absolute atomic E-state index is 12.2. The first-order valence-electron chi connectivity index (χ1n) is 6.67. The monoisotopic (exact) mass is 314 g/mol. The van der Waals surface area contributed by atoms with E-state index >= 15 is 0 Å². The molecule has 0 saturated carbocycles. The van der Waals surface area contributed by atoms with Gasteiger partial charge in [-0.05, 0) is 12.8 Å². The molecule has 1 fully saturated rings. The van der Waals surface area contributed by atoms with Crippen LogP contribution in [-0.2, 0) is 9.53 Å². The first kappa shape index (κ1) is 15.9. The molecule has 7 heteroatoms. The number of methoxy groups -OCH3 is 2. The molecule has 6 nitrogen and oxygen atoms in total. The molecule has 0 aromatic heterocycles. The third-order valence-corrected chi connectivity index (χ3v) is 3.69. The zero-order chi connectivity index (χ0) is 15.4. The number of benzene rings is 1. The van der Waals surface area contributed by atoms with Crippen molar-refractivity contribution in [3.8, 4) is 11.5 Å². The molecule has 0 aliphatic carbocycles. The summed E-state index contributed by atoms with van der Waals surface area (Å²) >= 11 is 6.03. The molecule has 0 radical (unpaired) electrons. The number of rotatable bonds is 5. The van der Waals surface area contributed by atoms with Crippen LogP contribution >= 0.6 is 11.6 Å². The summed E-state index contributed by atoms with van der Waals surface area (Å²) in [5.41, 5.74) is 6.03. The van der Waals surface area contributed by atoms with Gasteiger partial charge in [-0.15, -0.1) is 0 Å². The lowest BCUT2D eigenvalue weighted by molar-refractivity contribution is -0.126. The fourth-order valence-corrected chi connectivity index (χ4v) is 2.47. The van der Waals surface area contributed by atoms with Crippen LogP contribution in [0.1, 0.15) is 12.8 Å². The molecule has 1 heterocycles. The number of hydrogen-bond donors (Lipinski definition) is 2. The Morgan fingerprint density at radius 3 is 2.67 bits per heavy atom. The number of halogens is 1. The first-order valence-corrected chi connectivity index (χ1v) is 7.04. The zero-order valence-corrected chi connectivity index (χ0v) is 12.8. The van der Waals surface area contributed by atoms with Crippen molar-refractivity contribution >= 4 is 23.2 Å². The van der Waals surface area contributed by atoms with Crippen LogP contribution in [0.3, 0.4) is 0 Å². The molecule has 0 bridgehead atoms. The topological polar surface area (TPSA) is 82.8 Å². The molecule has 1 saturated heterocycles. The van der Waals surface area contributed by atoms with Gasteiger partial charge in [0, 0.05) is 18.7 Å². The molecule has 2 atom stereocenters. The smallest absolute Gasteiger partial charge is 0.253 e. The minimum atomic E-state index is -0.495. The number of nitrogens with one attached hydrogen (secondary N) is 1. The largest absolute Gasteiger partial charge is 0.495 e. The molecule has 1 amide bonds. The van der Waals surface area contributed by atoms with Gasteiger partial charge in [-0.3, -0.25) is 4.79 Å². The van der Waals surface area contributed by atoms with Gasteiger partial charge < -0.3 is 25.3 Å². The first-order chi connectivity index (χ1) is 10.1. The lowest BCUT2D eigenvalue weighted by Gasteiger charge is -2.16. The molecular weight excluding hydrogens is 296 g/mol. The number of carbonyl (C=O) groups is 1. The quantitative estimate of drug-likeness (QED) is 0.866. The predicted molar refractivity (Wildman–Crippen MR) is 80.1 cm³/mol. The minimum Gasteiger partial charge on any atom is -0.495 e.